The highest BCUT2D eigenvalue weighted by molar-refractivity contribution is 6.10. The van der Waals surface area contributed by atoms with Crippen molar-refractivity contribution in [2.45, 2.75) is 87.0 Å². The lowest BCUT2D eigenvalue weighted by molar-refractivity contribution is 0.0927. The van der Waals surface area contributed by atoms with Crippen LogP contribution in [0.3, 0.4) is 0 Å². The van der Waals surface area contributed by atoms with Gasteiger partial charge in [0.15, 0.2) is 5.78 Å². The number of Topliss-reactive ketones (excluding diaryl/α,β-unsaturated/α-hetero) is 1. The van der Waals surface area contributed by atoms with Crippen molar-refractivity contribution in [3.05, 3.63) is 50.4 Å². The number of unbranched alkanes of at least 4 members (excludes halogenated alkanes) is 1. The lowest BCUT2D eigenvalue weighted by Gasteiger charge is -2.19. The van der Waals surface area contributed by atoms with Gasteiger partial charge in [0.1, 0.15) is 5.58 Å². The summed E-state index contributed by atoms with van der Waals surface area (Å²) in [5.74, 6) is 0.428. The molecule has 0 bridgehead atoms. The third-order valence-corrected chi connectivity index (χ3v) is 6.26. The van der Waals surface area contributed by atoms with Crippen LogP contribution < -0.4 is 5.63 Å². The first-order valence-corrected chi connectivity index (χ1v) is 11.6. The zero-order chi connectivity index (χ0) is 22.4. The second-order valence-electron chi connectivity index (χ2n) is 8.74. The third-order valence-electron chi connectivity index (χ3n) is 6.26. The lowest BCUT2D eigenvalue weighted by Crippen LogP contribution is -2.15. The zero-order valence-electron chi connectivity index (χ0n) is 19.9. The maximum absolute atomic E-state index is 13.3. The summed E-state index contributed by atoms with van der Waals surface area (Å²) in [6.45, 7) is 14.6. The van der Waals surface area contributed by atoms with Crippen LogP contribution in [-0.2, 0) is 6.42 Å². The number of fused-ring (bicyclic) bond motifs is 1. The summed E-state index contributed by atoms with van der Waals surface area (Å²) in [5, 5.41) is 0.939. The predicted molar refractivity (Wildman–Crippen MR) is 127 cm³/mol. The number of ketones is 1. The van der Waals surface area contributed by atoms with Gasteiger partial charge in [-0.2, -0.15) is 0 Å². The number of hydrogen-bond donors (Lipinski definition) is 0. The van der Waals surface area contributed by atoms with Crippen molar-refractivity contribution >= 4 is 22.8 Å². The van der Waals surface area contributed by atoms with E-state index in [1.54, 1.807) is 6.07 Å². The van der Waals surface area contributed by atoms with Gasteiger partial charge < -0.3 is 4.42 Å². The molecule has 3 nitrogen and oxygen atoms in total. The van der Waals surface area contributed by atoms with Crippen molar-refractivity contribution in [1.29, 1.82) is 0 Å². The maximum atomic E-state index is 13.3. The Hall–Kier alpha value is -2.16. The van der Waals surface area contributed by atoms with Crippen LogP contribution in [0.2, 0.25) is 0 Å². The summed E-state index contributed by atoms with van der Waals surface area (Å²) in [6, 6.07) is 1.60. The molecule has 2 rings (SSSR count). The van der Waals surface area contributed by atoms with E-state index in [1.165, 1.54) is 12.8 Å². The van der Waals surface area contributed by atoms with Gasteiger partial charge in [-0.25, -0.2) is 4.79 Å². The van der Waals surface area contributed by atoms with Crippen LogP contribution in [0.5, 0.6) is 0 Å². The molecule has 164 valence electrons. The van der Waals surface area contributed by atoms with Gasteiger partial charge in [0, 0.05) is 17.4 Å². The van der Waals surface area contributed by atoms with Crippen molar-refractivity contribution in [2.75, 3.05) is 0 Å². The first-order chi connectivity index (χ1) is 14.3. The molecular formula is C27H38O3. The van der Waals surface area contributed by atoms with Crippen LogP contribution in [0.4, 0.5) is 0 Å². The van der Waals surface area contributed by atoms with Crippen LogP contribution in [0.15, 0.2) is 21.4 Å². The zero-order valence-corrected chi connectivity index (χ0v) is 19.9. The lowest BCUT2D eigenvalue weighted by atomic mass is 9.85. The Bertz CT molecular complexity index is 978. The minimum absolute atomic E-state index is 0.0606. The van der Waals surface area contributed by atoms with E-state index in [9.17, 15) is 9.59 Å². The van der Waals surface area contributed by atoms with Gasteiger partial charge in [-0.15, -0.1) is 0 Å². The van der Waals surface area contributed by atoms with Crippen LogP contribution >= 0.6 is 0 Å². The molecule has 1 heterocycles. The van der Waals surface area contributed by atoms with E-state index in [-0.39, 0.29) is 17.3 Å². The topological polar surface area (TPSA) is 47.3 Å². The average Bonchev–Trinajstić information content (AvgIpc) is 2.71. The third kappa shape index (κ3) is 5.11. The molecule has 0 saturated heterocycles. The Balaban J connectivity index is 2.83. The Kier molecular flexibility index (Phi) is 8.64. The largest absolute Gasteiger partial charge is 0.422 e. The highest BCUT2D eigenvalue weighted by atomic mass is 16.4. The van der Waals surface area contributed by atoms with Gasteiger partial charge in [-0.05, 0) is 61.3 Å². The molecule has 0 fully saturated rings. The first-order valence-electron chi connectivity index (χ1n) is 11.6. The van der Waals surface area contributed by atoms with Crippen LogP contribution in [0, 0.1) is 25.7 Å². The Morgan fingerprint density at radius 1 is 1.10 bits per heavy atom. The molecule has 0 radical (unpaired) electrons. The fourth-order valence-electron chi connectivity index (χ4n) is 4.18. The summed E-state index contributed by atoms with van der Waals surface area (Å²) in [4.78, 5) is 25.7. The van der Waals surface area contributed by atoms with E-state index in [0.717, 1.165) is 53.3 Å². The molecule has 3 heteroatoms. The number of hydrogen-bond acceptors (Lipinski definition) is 3. The highest BCUT2D eigenvalue weighted by Gasteiger charge is 2.25. The van der Waals surface area contributed by atoms with Gasteiger partial charge in [-0.1, -0.05) is 66.0 Å². The summed E-state index contributed by atoms with van der Waals surface area (Å²) in [7, 11) is 0. The molecule has 2 aromatic rings. The number of carbonyl (C=O) groups is 1. The van der Waals surface area contributed by atoms with Gasteiger partial charge in [0.25, 0.3) is 0 Å². The molecule has 0 N–H and O–H groups in total. The molecule has 1 aromatic carbocycles. The summed E-state index contributed by atoms with van der Waals surface area (Å²) in [6.07, 6.45) is 10.5. The second-order valence-corrected chi connectivity index (χ2v) is 8.74. The van der Waals surface area contributed by atoms with Crippen molar-refractivity contribution < 1.29 is 9.21 Å². The minimum Gasteiger partial charge on any atom is -0.422 e. The molecule has 0 aliphatic carbocycles. The van der Waals surface area contributed by atoms with E-state index in [1.807, 2.05) is 20.8 Å². The van der Waals surface area contributed by atoms with Gasteiger partial charge >= 0.3 is 5.63 Å². The molecule has 0 amide bonds. The van der Waals surface area contributed by atoms with Crippen LogP contribution in [0.25, 0.3) is 17.0 Å². The van der Waals surface area contributed by atoms with E-state index >= 15 is 0 Å². The highest BCUT2D eigenvalue weighted by Crippen LogP contribution is 2.35. The fraction of sp³-hybridized carbons (Fsp3) is 0.556. The van der Waals surface area contributed by atoms with Gasteiger partial charge in [0.05, 0.1) is 5.56 Å². The van der Waals surface area contributed by atoms with Gasteiger partial charge in [0.2, 0.25) is 0 Å². The van der Waals surface area contributed by atoms with Crippen LogP contribution in [0.1, 0.15) is 99.3 Å². The Morgan fingerprint density at radius 3 is 2.40 bits per heavy atom. The minimum atomic E-state index is -0.376. The molecule has 2 atom stereocenters. The van der Waals surface area contributed by atoms with E-state index in [4.69, 9.17) is 4.42 Å². The first kappa shape index (κ1) is 24.1. The van der Waals surface area contributed by atoms with E-state index < -0.39 is 0 Å². The van der Waals surface area contributed by atoms with E-state index in [2.05, 4.69) is 39.8 Å². The monoisotopic (exact) mass is 410 g/mol. The normalized spacial score (nSPS) is 13.8. The molecule has 0 aliphatic heterocycles. The summed E-state index contributed by atoms with van der Waals surface area (Å²) in [5.41, 5.74) is 4.76. The quantitative estimate of drug-likeness (QED) is 0.302. The van der Waals surface area contributed by atoms with Crippen molar-refractivity contribution in [1.82, 2.24) is 0 Å². The number of rotatable bonds is 10. The molecule has 0 aliphatic rings. The average molecular weight is 411 g/mol. The molecule has 2 unspecified atom stereocenters. The van der Waals surface area contributed by atoms with E-state index in [0.29, 0.717) is 17.1 Å². The number of allylic oxidation sites excluding steroid dienone is 1. The van der Waals surface area contributed by atoms with Crippen molar-refractivity contribution in [3.63, 3.8) is 0 Å². The molecule has 0 saturated carbocycles. The number of benzene rings is 1. The SMILES string of the molecule is CCCCC(C)/C=C\c1c(C)c(C(=O)C(C)CC)c2oc(=O)cc(CCC)c2c1C. The van der Waals surface area contributed by atoms with Crippen LogP contribution in [-0.4, -0.2) is 5.78 Å². The number of aryl methyl sites for hydroxylation is 2. The van der Waals surface area contributed by atoms with Crippen molar-refractivity contribution in [2.24, 2.45) is 11.8 Å². The smallest absolute Gasteiger partial charge is 0.336 e. The number of carbonyl (C=O) groups excluding carboxylic acids is 1. The fourth-order valence-corrected chi connectivity index (χ4v) is 4.18. The van der Waals surface area contributed by atoms with Gasteiger partial charge in [-0.3, -0.25) is 4.79 Å². The molecular weight excluding hydrogens is 372 g/mol. The Morgan fingerprint density at radius 2 is 1.80 bits per heavy atom. The summed E-state index contributed by atoms with van der Waals surface area (Å²) >= 11 is 0. The molecule has 1 aromatic heterocycles. The maximum Gasteiger partial charge on any atom is 0.336 e. The van der Waals surface area contributed by atoms with Crippen molar-refractivity contribution in [3.8, 4) is 0 Å². The summed E-state index contributed by atoms with van der Waals surface area (Å²) < 4.78 is 5.69. The molecule has 0 spiro atoms. The second kappa shape index (κ2) is 10.7. The molecule has 30 heavy (non-hydrogen) atoms. The Labute approximate surface area is 181 Å². The predicted octanol–water partition coefficient (Wildman–Crippen LogP) is 7.43. The standard InChI is InChI=1S/C27H38O3/c1-8-11-13-17(4)14-15-22-19(6)24-21(12-9-2)16-23(28)30-27(24)25(20(22)7)26(29)18(5)10-3/h14-18H,8-13H2,1-7H3/b15-14-.